The number of fused-ring (bicyclic) bond motifs is 1. The summed E-state index contributed by atoms with van der Waals surface area (Å²) >= 11 is 6.35. The second-order valence-electron chi connectivity index (χ2n) is 9.90. The van der Waals surface area contributed by atoms with Crippen LogP contribution in [0.1, 0.15) is 44.6 Å². The standard InChI is InChI=1S/C29H38ClFN4O3/c1-5-14-32-28(36)35(29(2,37-3)38-4)18-17-33-15-12-21(13-16-33)26-20-34(24-9-7-23(31)8-10-24)27-19-22(30)6-11-25(26)27/h6-11,19-21H,5,12-18H2,1-4H3,(H,32,36). The highest BCUT2D eigenvalue weighted by Gasteiger charge is 2.36. The van der Waals surface area contributed by atoms with Gasteiger partial charge in [-0.1, -0.05) is 24.6 Å². The molecule has 1 N–H and O–H groups in total. The number of piperidine rings is 1. The zero-order valence-electron chi connectivity index (χ0n) is 22.7. The number of aromatic nitrogens is 1. The van der Waals surface area contributed by atoms with E-state index in [2.05, 4.69) is 27.0 Å². The maximum Gasteiger partial charge on any atom is 0.321 e. The average Bonchev–Trinajstić information content (AvgIpc) is 3.31. The number of rotatable bonds is 10. The number of hydrogen-bond donors (Lipinski definition) is 1. The molecule has 0 atom stereocenters. The average molecular weight is 545 g/mol. The van der Waals surface area contributed by atoms with Crippen molar-refractivity contribution in [3.05, 3.63) is 65.1 Å². The highest BCUT2D eigenvalue weighted by Crippen LogP contribution is 2.37. The quantitative estimate of drug-likeness (QED) is 0.318. The van der Waals surface area contributed by atoms with Gasteiger partial charge in [0.25, 0.3) is 5.91 Å². The third-order valence-corrected chi connectivity index (χ3v) is 7.82. The molecule has 9 heteroatoms. The van der Waals surface area contributed by atoms with Crippen LogP contribution in [0.25, 0.3) is 16.6 Å². The summed E-state index contributed by atoms with van der Waals surface area (Å²) in [6.45, 7) is 7.43. The number of benzene rings is 2. The van der Waals surface area contributed by atoms with Crippen molar-refractivity contribution in [2.45, 2.75) is 44.9 Å². The molecule has 1 aliphatic heterocycles. The minimum absolute atomic E-state index is 0.194. The number of halogens is 2. The second-order valence-corrected chi connectivity index (χ2v) is 10.3. The van der Waals surface area contributed by atoms with Crippen LogP contribution in [0.2, 0.25) is 5.02 Å². The van der Waals surface area contributed by atoms with Gasteiger partial charge in [0, 0.05) is 63.1 Å². The lowest BCUT2D eigenvalue weighted by molar-refractivity contribution is -0.266. The fourth-order valence-electron chi connectivity index (χ4n) is 5.20. The number of carbonyl (C=O) groups is 1. The van der Waals surface area contributed by atoms with E-state index >= 15 is 0 Å². The van der Waals surface area contributed by atoms with E-state index < -0.39 is 5.91 Å². The molecule has 0 saturated carbocycles. The minimum atomic E-state index is -1.14. The van der Waals surface area contributed by atoms with E-state index in [4.69, 9.17) is 21.1 Å². The maximum absolute atomic E-state index is 13.6. The van der Waals surface area contributed by atoms with Gasteiger partial charge >= 0.3 is 6.03 Å². The van der Waals surface area contributed by atoms with Gasteiger partial charge in [-0.15, -0.1) is 0 Å². The van der Waals surface area contributed by atoms with E-state index in [1.54, 1.807) is 38.2 Å². The first-order valence-corrected chi connectivity index (χ1v) is 13.6. The molecule has 1 aliphatic rings. The summed E-state index contributed by atoms with van der Waals surface area (Å²) in [7, 11) is 3.09. The summed E-state index contributed by atoms with van der Waals surface area (Å²) in [5.74, 6) is -1.00. The molecule has 1 saturated heterocycles. The summed E-state index contributed by atoms with van der Waals surface area (Å²) in [6.07, 6.45) is 5.03. The van der Waals surface area contributed by atoms with Gasteiger partial charge in [-0.25, -0.2) is 9.18 Å². The minimum Gasteiger partial charge on any atom is -0.338 e. The largest absolute Gasteiger partial charge is 0.338 e. The zero-order chi connectivity index (χ0) is 27.3. The molecule has 0 aliphatic carbocycles. The predicted octanol–water partition coefficient (Wildman–Crippen LogP) is 5.99. The normalized spacial score (nSPS) is 15.2. The van der Waals surface area contributed by atoms with Crippen molar-refractivity contribution in [3.63, 3.8) is 0 Å². The Labute approximate surface area is 229 Å². The second kappa shape index (κ2) is 12.5. The molecular weight excluding hydrogens is 507 g/mol. The molecule has 0 bridgehead atoms. The van der Waals surface area contributed by atoms with Crippen LogP contribution in [0.3, 0.4) is 0 Å². The van der Waals surface area contributed by atoms with Crippen LogP contribution in [0.15, 0.2) is 48.7 Å². The van der Waals surface area contributed by atoms with Gasteiger partial charge in [0.05, 0.1) is 5.52 Å². The molecule has 3 aromatic rings. The highest BCUT2D eigenvalue weighted by molar-refractivity contribution is 6.31. The number of likely N-dealkylation sites (tertiary alicyclic amines) is 1. The Kier molecular flexibility index (Phi) is 9.31. The Morgan fingerprint density at radius 3 is 2.47 bits per heavy atom. The number of amides is 2. The van der Waals surface area contributed by atoms with E-state index in [0.717, 1.165) is 50.1 Å². The molecule has 2 aromatic carbocycles. The smallest absolute Gasteiger partial charge is 0.321 e. The van der Waals surface area contributed by atoms with Crippen molar-refractivity contribution < 1.29 is 18.7 Å². The summed E-state index contributed by atoms with van der Waals surface area (Å²) in [6, 6.07) is 12.3. The van der Waals surface area contributed by atoms with Crippen molar-refractivity contribution in [1.82, 2.24) is 19.7 Å². The lowest BCUT2D eigenvalue weighted by Gasteiger charge is -2.40. The predicted molar refractivity (Wildman–Crippen MR) is 149 cm³/mol. The van der Waals surface area contributed by atoms with Crippen LogP contribution in [-0.2, 0) is 9.47 Å². The first-order valence-electron chi connectivity index (χ1n) is 13.2. The molecule has 0 spiro atoms. The first kappa shape index (κ1) is 28.4. The zero-order valence-corrected chi connectivity index (χ0v) is 23.4. The monoisotopic (exact) mass is 544 g/mol. The number of urea groups is 1. The molecule has 0 radical (unpaired) electrons. The maximum atomic E-state index is 13.6. The van der Waals surface area contributed by atoms with Gasteiger partial charge in [-0.2, -0.15) is 0 Å². The third kappa shape index (κ3) is 6.15. The Balaban J connectivity index is 1.46. The summed E-state index contributed by atoms with van der Waals surface area (Å²) in [5.41, 5.74) is 3.21. The third-order valence-electron chi connectivity index (χ3n) is 7.59. The SMILES string of the molecule is CCCNC(=O)N(CCN1CCC(c2cn(-c3ccc(F)cc3)c3cc(Cl)ccc23)CC1)C(C)(OC)OC. The Morgan fingerprint density at radius 2 is 1.84 bits per heavy atom. The first-order chi connectivity index (χ1) is 18.3. The van der Waals surface area contributed by atoms with Crippen LogP contribution in [0.4, 0.5) is 9.18 Å². The fraction of sp³-hybridized carbons (Fsp3) is 0.483. The van der Waals surface area contributed by atoms with Crippen molar-refractivity contribution in [3.8, 4) is 5.69 Å². The van der Waals surface area contributed by atoms with E-state index in [-0.39, 0.29) is 11.8 Å². The highest BCUT2D eigenvalue weighted by atomic mass is 35.5. The molecular formula is C29H38ClFN4O3. The summed E-state index contributed by atoms with van der Waals surface area (Å²) in [5, 5.41) is 4.78. The Bertz CT molecular complexity index is 1220. The van der Waals surface area contributed by atoms with Crippen LogP contribution in [0.5, 0.6) is 0 Å². The molecule has 7 nitrogen and oxygen atoms in total. The molecule has 2 amide bonds. The molecule has 1 fully saturated rings. The number of nitrogens with zero attached hydrogens (tertiary/aromatic N) is 3. The lowest BCUT2D eigenvalue weighted by atomic mass is 9.89. The Morgan fingerprint density at radius 1 is 1.16 bits per heavy atom. The molecule has 1 aromatic heterocycles. The van der Waals surface area contributed by atoms with Crippen molar-refractivity contribution >= 4 is 28.5 Å². The molecule has 0 unspecified atom stereocenters. The van der Waals surface area contributed by atoms with Crippen molar-refractivity contribution in [2.75, 3.05) is 46.9 Å². The summed E-state index contributed by atoms with van der Waals surface area (Å²) < 4.78 is 26.8. The number of hydrogen-bond acceptors (Lipinski definition) is 4. The van der Waals surface area contributed by atoms with E-state index in [0.29, 0.717) is 24.0 Å². The van der Waals surface area contributed by atoms with Gasteiger partial charge < -0.3 is 24.3 Å². The van der Waals surface area contributed by atoms with E-state index in [1.807, 2.05) is 19.1 Å². The van der Waals surface area contributed by atoms with Gasteiger partial charge in [0.15, 0.2) is 0 Å². The van der Waals surface area contributed by atoms with E-state index in [9.17, 15) is 9.18 Å². The van der Waals surface area contributed by atoms with Crippen molar-refractivity contribution in [1.29, 1.82) is 0 Å². The molecule has 2 heterocycles. The van der Waals surface area contributed by atoms with Crippen molar-refractivity contribution in [2.24, 2.45) is 0 Å². The topological polar surface area (TPSA) is 59.0 Å². The molecule has 38 heavy (non-hydrogen) atoms. The molecule has 4 rings (SSSR count). The number of nitrogens with one attached hydrogen (secondary N) is 1. The van der Waals surface area contributed by atoms with Crippen LogP contribution in [-0.4, -0.2) is 73.3 Å². The molecule has 206 valence electrons. The lowest BCUT2D eigenvalue weighted by Crippen LogP contribution is -2.57. The van der Waals surface area contributed by atoms with Gasteiger partial charge in [0.1, 0.15) is 5.82 Å². The van der Waals surface area contributed by atoms with Crippen LogP contribution in [0, 0.1) is 5.82 Å². The van der Waals surface area contributed by atoms with Gasteiger partial charge in [0.2, 0.25) is 0 Å². The number of ether oxygens (including phenoxy) is 2. The number of carbonyl (C=O) groups excluding carboxylic acids is 1. The van der Waals surface area contributed by atoms with Crippen LogP contribution >= 0.6 is 11.6 Å². The van der Waals surface area contributed by atoms with E-state index in [1.165, 1.54) is 23.1 Å². The van der Waals surface area contributed by atoms with Crippen LogP contribution < -0.4 is 5.32 Å². The Hall–Kier alpha value is -2.65. The fourth-order valence-corrected chi connectivity index (χ4v) is 5.36. The van der Waals surface area contributed by atoms with Gasteiger partial charge in [-0.3, -0.25) is 4.90 Å². The summed E-state index contributed by atoms with van der Waals surface area (Å²) in [4.78, 5) is 16.9. The number of methoxy groups -OCH3 is 2. The van der Waals surface area contributed by atoms with Gasteiger partial charge in [-0.05, 0) is 80.2 Å².